The standard InChI is InChI=1S/C19H29N3O4/c1-15(16-5-9-20-10-6-16)21-25-14-13-24-17-7-11-22(12-8-17)18(23)26-19(2,3)4/h5-6,9-10,17H,7-8,11-14H2,1-4H3. The van der Waals surface area contributed by atoms with Gasteiger partial charge in [-0.2, -0.15) is 0 Å². The summed E-state index contributed by atoms with van der Waals surface area (Å²) in [6.45, 7) is 9.69. The normalized spacial score (nSPS) is 16.5. The van der Waals surface area contributed by atoms with Crippen LogP contribution in [-0.4, -0.2) is 59.7 Å². The van der Waals surface area contributed by atoms with Crippen LogP contribution in [0.1, 0.15) is 46.1 Å². The minimum atomic E-state index is -0.462. The van der Waals surface area contributed by atoms with Gasteiger partial charge in [0.1, 0.15) is 12.2 Å². The number of ether oxygens (including phenoxy) is 2. The highest BCUT2D eigenvalue weighted by Crippen LogP contribution is 2.17. The Bertz CT molecular complexity index is 591. The van der Waals surface area contributed by atoms with Crippen LogP contribution in [0.15, 0.2) is 29.7 Å². The van der Waals surface area contributed by atoms with Crippen LogP contribution in [0.5, 0.6) is 0 Å². The molecule has 0 N–H and O–H groups in total. The first kappa shape index (κ1) is 20.2. The summed E-state index contributed by atoms with van der Waals surface area (Å²) < 4.78 is 11.2. The van der Waals surface area contributed by atoms with Crippen molar-refractivity contribution in [3.8, 4) is 0 Å². The van der Waals surface area contributed by atoms with Gasteiger partial charge in [-0.3, -0.25) is 4.98 Å². The monoisotopic (exact) mass is 363 g/mol. The van der Waals surface area contributed by atoms with Crippen molar-refractivity contribution < 1.29 is 19.1 Å². The van der Waals surface area contributed by atoms with Gasteiger partial charge in [-0.25, -0.2) is 4.79 Å². The van der Waals surface area contributed by atoms with Crippen LogP contribution in [0, 0.1) is 0 Å². The molecule has 26 heavy (non-hydrogen) atoms. The predicted octanol–water partition coefficient (Wildman–Crippen LogP) is 3.24. The lowest BCUT2D eigenvalue weighted by Crippen LogP contribution is -2.43. The fourth-order valence-corrected chi connectivity index (χ4v) is 2.57. The van der Waals surface area contributed by atoms with Crippen molar-refractivity contribution in [2.24, 2.45) is 5.16 Å². The van der Waals surface area contributed by atoms with Crippen LogP contribution in [0.2, 0.25) is 0 Å². The third kappa shape index (κ3) is 7.00. The third-order valence-electron chi connectivity index (χ3n) is 3.92. The number of piperidine rings is 1. The Kier molecular flexibility index (Phi) is 7.38. The second-order valence-corrected chi connectivity index (χ2v) is 7.28. The Labute approximate surface area is 155 Å². The molecule has 0 aromatic carbocycles. The van der Waals surface area contributed by atoms with Gasteiger partial charge in [-0.05, 0) is 52.7 Å². The van der Waals surface area contributed by atoms with E-state index >= 15 is 0 Å². The number of carbonyl (C=O) groups excluding carboxylic acids is 1. The van der Waals surface area contributed by atoms with Crippen molar-refractivity contribution in [1.29, 1.82) is 0 Å². The Morgan fingerprint density at radius 1 is 1.23 bits per heavy atom. The van der Waals surface area contributed by atoms with Crippen LogP contribution in [0.3, 0.4) is 0 Å². The number of oxime groups is 1. The molecule has 1 amide bonds. The molecule has 0 radical (unpaired) electrons. The molecule has 0 atom stereocenters. The fourth-order valence-electron chi connectivity index (χ4n) is 2.57. The van der Waals surface area contributed by atoms with Gasteiger partial charge in [0.2, 0.25) is 0 Å². The highest BCUT2D eigenvalue weighted by atomic mass is 16.6. The molecule has 1 fully saturated rings. The lowest BCUT2D eigenvalue weighted by molar-refractivity contribution is -0.0287. The van der Waals surface area contributed by atoms with E-state index < -0.39 is 5.60 Å². The van der Waals surface area contributed by atoms with Crippen molar-refractivity contribution >= 4 is 11.8 Å². The van der Waals surface area contributed by atoms with Gasteiger partial charge >= 0.3 is 6.09 Å². The maximum atomic E-state index is 12.0. The molecule has 7 nitrogen and oxygen atoms in total. The first-order valence-electron chi connectivity index (χ1n) is 9.01. The number of aromatic nitrogens is 1. The molecule has 1 aromatic heterocycles. The fraction of sp³-hybridized carbons (Fsp3) is 0.632. The molecule has 1 aliphatic rings. The number of hydrogen-bond acceptors (Lipinski definition) is 6. The summed E-state index contributed by atoms with van der Waals surface area (Å²) in [5, 5.41) is 4.09. The summed E-state index contributed by atoms with van der Waals surface area (Å²) in [6.07, 6.45) is 4.95. The molecule has 2 rings (SSSR count). The van der Waals surface area contributed by atoms with Crippen LogP contribution < -0.4 is 0 Å². The minimum Gasteiger partial charge on any atom is -0.444 e. The number of nitrogens with zero attached hydrogens (tertiary/aromatic N) is 3. The molecule has 0 unspecified atom stereocenters. The summed E-state index contributed by atoms with van der Waals surface area (Å²) in [5.41, 5.74) is 1.32. The molecule has 0 aliphatic carbocycles. The summed E-state index contributed by atoms with van der Waals surface area (Å²) in [6, 6.07) is 3.77. The Hall–Kier alpha value is -2.15. The van der Waals surface area contributed by atoms with Gasteiger partial charge in [0.05, 0.1) is 18.4 Å². The highest BCUT2D eigenvalue weighted by Gasteiger charge is 2.27. The molecule has 7 heteroatoms. The molecule has 0 bridgehead atoms. The van der Waals surface area contributed by atoms with Gasteiger partial charge in [-0.1, -0.05) is 5.16 Å². The molecule has 1 aliphatic heterocycles. The van der Waals surface area contributed by atoms with Gasteiger partial charge in [0.25, 0.3) is 0 Å². The van der Waals surface area contributed by atoms with Crippen molar-refractivity contribution in [3.63, 3.8) is 0 Å². The summed E-state index contributed by atoms with van der Waals surface area (Å²) in [5.74, 6) is 0. The summed E-state index contributed by atoms with van der Waals surface area (Å²) in [7, 11) is 0. The zero-order valence-electron chi connectivity index (χ0n) is 16.1. The molecule has 0 spiro atoms. The van der Waals surface area contributed by atoms with Gasteiger partial charge < -0.3 is 19.2 Å². The predicted molar refractivity (Wildman–Crippen MR) is 99.2 cm³/mol. The first-order valence-corrected chi connectivity index (χ1v) is 9.01. The van der Waals surface area contributed by atoms with Crippen molar-refractivity contribution in [3.05, 3.63) is 30.1 Å². The van der Waals surface area contributed by atoms with E-state index in [2.05, 4.69) is 10.1 Å². The van der Waals surface area contributed by atoms with Gasteiger partial charge in [0.15, 0.2) is 0 Å². The number of likely N-dealkylation sites (tertiary alicyclic amines) is 1. The van der Waals surface area contributed by atoms with Crippen LogP contribution >= 0.6 is 0 Å². The van der Waals surface area contributed by atoms with E-state index in [4.69, 9.17) is 14.3 Å². The maximum absolute atomic E-state index is 12.0. The number of amides is 1. The SMILES string of the molecule is CC(=NOCCOC1CCN(C(=O)OC(C)(C)C)CC1)c1ccncc1. The van der Waals surface area contributed by atoms with Crippen LogP contribution in [-0.2, 0) is 14.3 Å². The van der Waals surface area contributed by atoms with Gasteiger partial charge in [0, 0.05) is 31.0 Å². The number of carbonyl (C=O) groups is 1. The third-order valence-corrected chi connectivity index (χ3v) is 3.92. The largest absolute Gasteiger partial charge is 0.444 e. The van der Waals surface area contributed by atoms with Crippen molar-refractivity contribution in [2.75, 3.05) is 26.3 Å². The average Bonchev–Trinajstić information content (AvgIpc) is 2.61. The summed E-state index contributed by atoms with van der Waals surface area (Å²) in [4.78, 5) is 23.1. The van der Waals surface area contributed by atoms with E-state index in [-0.39, 0.29) is 12.2 Å². The van der Waals surface area contributed by atoms with Crippen molar-refractivity contribution in [2.45, 2.75) is 52.2 Å². The van der Waals surface area contributed by atoms with Crippen LogP contribution in [0.4, 0.5) is 4.79 Å². The second kappa shape index (κ2) is 9.52. The minimum absolute atomic E-state index is 0.141. The van der Waals surface area contributed by atoms with Gasteiger partial charge in [-0.15, -0.1) is 0 Å². The van der Waals surface area contributed by atoms with E-state index in [0.29, 0.717) is 26.3 Å². The summed E-state index contributed by atoms with van der Waals surface area (Å²) >= 11 is 0. The lowest BCUT2D eigenvalue weighted by Gasteiger charge is -2.33. The Morgan fingerprint density at radius 3 is 2.50 bits per heavy atom. The average molecular weight is 363 g/mol. The smallest absolute Gasteiger partial charge is 0.410 e. The van der Waals surface area contributed by atoms with Crippen LogP contribution in [0.25, 0.3) is 0 Å². The molecule has 2 heterocycles. The molecule has 1 aromatic rings. The molecular formula is C19H29N3O4. The van der Waals surface area contributed by atoms with E-state index in [1.54, 1.807) is 17.3 Å². The Morgan fingerprint density at radius 2 is 1.88 bits per heavy atom. The van der Waals surface area contributed by atoms with E-state index in [0.717, 1.165) is 24.1 Å². The lowest BCUT2D eigenvalue weighted by atomic mass is 10.1. The number of hydrogen-bond donors (Lipinski definition) is 0. The van der Waals surface area contributed by atoms with E-state index in [1.807, 2.05) is 39.8 Å². The first-order chi connectivity index (χ1) is 12.3. The van der Waals surface area contributed by atoms with Crippen molar-refractivity contribution in [1.82, 2.24) is 9.88 Å². The van der Waals surface area contributed by atoms with E-state index in [9.17, 15) is 4.79 Å². The molecule has 1 saturated heterocycles. The topological polar surface area (TPSA) is 73.2 Å². The number of pyridine rings is 1. The zero-order valence-corrected chi connectivity index (χ0v) is 16.1. The zero-order chi connectivity index (χ0) is 19.0. The molecule has 0 saturated carbocycles. The molecular weight excluding hydrogens is 334 g/mol. The number of rotatable bonds is 6. The Balaban J connectivity index is 1.61. The quantitative estimate of drug-likeness (QED) is 0.441. The highest BCUT2D eigenvalue weighted by molar-refractivity contribution is 5.98. The molecule has 144 valence electrons. The van der Waals surface area contributed by atoms with E-state index in [1.165, 1.54) is 0 Å². The second-order valence-electron chi connectivity index (χ2n) is 7.28. The maximum Gasteiger partial charge on any atom is 0.410 e.